The quantitative estimate of drug-likeness (QED) is 0.266. The Morgan fingerprint density at radius 3 is 2.08 bits per heavy atom. The Balaban J connectivity index is 1.86. The Bertz CT molecular complexity index is 1700. The Kier molecular flexibility index (Phi) is 5.46. The highest BCUT2D eigenvalue weighted by atomic mass is 14.3. The molecule has 6 rings (SSSR count). The number of hydrogen-bond acceptors (Lipinski definition) is 1. The van der Waals surface area contributed by atoms with Gasteiger partial charge in [0, 0.05) is 5.39 Å². The number of allylic oxidation sites excluding steroid dienone is 1. The molecule has 0 aromatic heterocycles. The highest BCUT2D eigenvalue weighted by Crippen LogP contribution is 2.44. The van der Waals surface area contributed by atoms with Crippen molar-refractivity contribution in [3.8, 4) is 6.07 Å². The Morgan fingerprint density at radius 2 is 1.39 bits per heavy atom. The van der Waals surface area contributed by atoms with Crippen LogP contribution in [-0.4, -0.2) is 0 Å². The molecule has 0 spiro atoms. The standard InChI is InChI=1S/C35H23N/c1-2-28-32-21-20-27(23-36)29-19-11-16-26(35(29)32)22-33(24-12-5-3-6-13-24)30-17-9-10-18-31(30)34(28)25-14-7-4-8-15-25/h3-8,11-22H,2H2,1H3/b33-22+,34-28+. The maximum atomic E-state index is 9.93. The van der Waals surface area contributed by atoms with Gasteiger partial charge in [0.25, 0.3) is 0 Å². The van der Waals surface area contributed by atoms with E-state index in [-0.39, 0.29) is 0 Å². The van der Waals surface area contributed by atoms with Gasteiger partial charge >= 0.3 is 0 Å². The van der Waals surface area contributed by atoms with E-state index in [4.69, 9.17) is 0 Å². The maximum absolute atomic E-state index is 9.93. The largest absolute Gasteiger partial charge is 0.192 e. The van der Waals surface area contributed by atoms with Crippen LogP contribution in [0, 0.1) is 23.5 Å². The fourth-order valence-electron chi connectivity index (χ4n) is 5.41. The monoisotopic (exact) mass is 457 g/mol. The molecule has 0 saturated carbocycles. The summed E-state index contributed by atoms with van der Waals surface area (Å²) in [6.07, 6.45) is 3.12. The zero-order chi connectivity index (χ0) is 24.5. The van der Waals surface area contributed by atoms with E-state index in [2.05, 4.69) is 122 Å². The fourth-order valence-corrected chi connectivity index (χ4v) is 5.41. The number of fused-ring (bicyclic) bond motifs is 1. The number of nitrogens with zero attached hydrogens (tertiary/aromatic N) is 1. The second kappa shape index (κ2) is 9.07. The van der Waals surface area contributed by atoms with E-state index in [9.17, 15) is 5.26 Å². The molecule has 0 heterocycles. The summed E-state index contributed by atoms with van der Waals surface area (Å²) >= 11 is 0. The summed E-state index contributed by atoms with van der Waals surface area (Å²) in [4.78, 5) is 0. The van der Waals surface area contributed by atoms with E-state index in [0.717, 1.165) is 45.0 Å². The summed E-state index contributed by atoms with van der Waals surface area (Å²) < 4.78 is 0. The predicted molar refractivity (Wildman–Crippen MR) is 149 cm³/mol. The third-order valence-corrected chi connectivity index (χ3v) is 6.99. The lowest BCUT2D eigenvalue weighted by Crippen LogP contribution is -1.99. The molecular formula is C35H23N. The first-order valence-electron chi connectivity index (χ1n) is 12.2. The normalized spacial score (nSPS) is 15.9. The Hall–Kier alpha value is -4.85. The van der Waals surface area contributed by atoms with Gasteiger partial charge in [-0.3, -0.25) is 0 Å². The van der Waals surface area contributed by atoms with Gasteiger partial charge in [-0.1, -0.05) is 104 Å². The summed E-state index contributed by atoms with van der Waals surface area (Å²) in [5, 5.41) is 12.0. The molecule has 36 heavy (non-hydrogen) atoms. The number of benzene rings is 4. The first-order chi connectivity index (χ1) is 17.8. The van der Waals surface area contributed by atoms with Gasteiger partial charge in [-0.15, -0.1) is 0 Å². The minimum absolute atomic E-state index is 0.695. The second-order valence-electron chi connectivity index (χ2n) is 8.94. The van der Waals surface area contributed by atoms with Crippen LogP contribution < -0.4 is 0 Å². The topological polar surface area (TPSA) is 23.8 Å². The van der Waals surface area contributed by atoms with E-state index in [1.165, 1.54) is 22.3 Å². The van der Waals surface area contributed by atoms with Gasteiger partial charge < -0.3 is 0 Å². The van der Waals surface area contributed by atoms with Crippen molar-refractivity contribution in [2.75, 3.05) is 0 Å². The maximum Gasteiger partial charge on any atom is 0.0998 e. The van der Waals surface area contributed by atoms with E-state index in [1.54, 1.807) is 0 Å². The summed E-state index contributed by atoms with van der Waals surface area (Å²) in [7, 11) is 0. The van der Waals surface area contributed by atoms with Crippen molar-refractivity contribution < 1.29 is 0 Å². The van der Waals surface area contributed by atoms with Crippen LogP contribution in [0.1, 0.15) is 52.3 Å². The van der Waals surface area contributed by atoms with Crippen molar-refractivity contribution in [2.24, 2.45) is 0 Å². The number of nitriles is 1. The minimum Gasteiger partial charge on any atom is -0.192 e. The van der Waals surface area contributed by atoms with Crippen LogP contribution in [-0.2, 0) is 0 Å². The van der Waals surface area contributed by atoms with Crippen LogP contribution in [0.15, 0.2) is 103 Å². The average Bonchev–Trinajstić information content (AvgIpc) is 2.99. The lowest BCUT2D eigenvalue weighted by Gasteiger charge is -2.19. The summed E-state index contributed by atoms with van der Waals surface area (Å²) in [6.45, 7) is 2.22. The molecule has 5 aromatic carbocycles. The van der Waals surface area contributed by atoms with Gasteiger partial charge in [-0.2, -0.15) is 5.26 Å². The van der Waals surface area contributed by atoms with Crippen molar-refractivity contribution in [1.29, 1.82) is 5.26 Å². The van der Waals surface area contributed by atoms with Crippen LogP contribution in [0.5, 0.6) is 0 Å². The molecule has 0 fully saturated rings. The first kappa shape index (κ1) is 21.7. The Labute approximate surface area is 212 Å². The zero-order valence-electron chi connectivity index (χ0n) is 20.0. The first-order valence-corrected chi connectivity index (χ1v) is 12.2. The van der Waals surface area contributed by atoms with Gasteiger partial charge in [0.05, 0.1) is 11.6 Å². The van der Waals surface area contributed by atoms with Gasteiger partial charge in [0.2, 0.25) is 0 Å². The molecule has 1 aliphatic rings. The van der Waals surface area contributed by atoms with E-state index in [1.807, 2.05) is 12.1 Å². The van der Waals surface area contributed by atoms with Crippen LogP contribution in [0.25, 0.3) is 33.6 Å². The molecule has 1 nitrogen and oxygen atoms in total. The Morgan fingerprint density at radius 1 is 0.694 bits per heavy atom. The van der Waals surface area contributed by atoms with Crippen LogP contribution in [0.4, 0.5) is 0 Å². The van der Waals surface area contributed by atoms with Crippen molar-refractivity contribution in [3.63, 3.8) is 0 Å². The molecule has 0 N–H and O–H groups in total. The molecule has 1 aliphatic carbocycles. The smallest absolute Gasteiger partial charge is 0.0998 e. The third-order valence-electron chi connectivity index (χ3n) is 6.99. The van der Waals surface area contributed by atoms with Crippen LogP contribution in [0.2, 0.25) is 0 Å². The molecule has 0 unspecified atom stereocenters. The molecule has 168 valence electrons. The predicted octanol–water partition coefficient (Wildman–Crippen LogP) is 8.58. The highest BCUT2D eigenvalue weighted by Gasteiger charge is 2.23. The lowest BCUT2D eigenvalue weighted by molar-refractivity contribution is 1.24. The molecule has 0 radical (unpaired) electrons. The summed E-state index contributed by atoms with van der Waals surface area (Å²) in [6, 6.07) is 44.5. The van der Waals surface area contributed by atoms with Crippen molar-refractivity contribution in [3.05, 3.63) is 154 Å². The molecular weight excluding hydrogens is 434 g/mol. The van der Waals surface area contributed by atoms with Gasteiger partial charge in [0.15, 0.2) is 0 Å². The van der Waals surface area contributed by atoms with Gasteiger partial charge in [0.1, 0.15) is 0 Å². The molecule has 0 atom stereocenters. The van der Waals surface area contributed by atoms with E-state index in [0.29, 0.717) is 5.56 Å². The highest BCUT2D eigenvalue weighted by molar-refractivity contribution is 6.13. The van der Waals surface area contributed by atoms with E-state index < -0.39 is 0 Å². The van der Waals surface area contributed by atoms with Gasteiger partial charge in [-0.25, -0.2) is 0 Å². The van der Waals surface area contributed by atoms with Crippen molar-refractivity contribution in [1.82, 2.24) is 0 Å². The summed E-state index contributed by atoms with van der Waals surface area (Å²) in [5.41, 5.74) is 11.1. The number of rotatable bonds is 3. The van der Waals surface area contributed by atoms with Crippen LogP contribution in [0.3, 0.4) is 0 Å². The molecule has 0 aliphatic heterocycles. The second-order valence-corrected chi connectivity index (χ2v) is 8.94. The molecule has 0 bridgehead atoms. The van der Waals surface area contributed by atoms with Crippen LogP contribution >= 0.6 is 0 Å². The minimum atomic E-state index is 0.695. The van der Waals surface area contributed by atoms with Crippen molar-refractivity contribution in [2.45, 2.75) is 13.3 Å². The summed E-state index contributed by atoms with van der Waals surface area (Å²) in [5.74, 6) is 0. The zero-order valence-corrected chi connectivity index (χ0v) is 20.0. The SMILES string of the molecule is CC/C1=C(/c2ccccc2)c2cc#ccc2/C(c2ccccc2)=C/c2cccc3c(C#N)ccc1c23. The molecule has 5 aromatic rings. The van der Waals surface area contributed by atoms with Gasteiger partial charge in [-0.05, 0) is 86.2 Å². The fraction of sp³-hybridized carbons (Fsp3) is 0.0571. The van der Waals surface area contributed by atoms with E-state index >= 15 is 0 Å². The third kappa shape index (κ3) is 3.51. The number of hydrogen-bond donors (Lipinski definition) is 0. The molecule has 0 saturated heterocycles. The average molecular weight is 458 g/mol. The van der Waals surface area contributed by atoms with Crippen molar-refractivity contribution >= 4 is 33.6 Å². The lowest BCUT2D eigenvalue weighted by atomic mass is 9.83. The molecule has 1 heteroatoms. The molecule has 0 amide bonds.